The number of esters is 1. The zero-order valence-electron chi connectivity index (χ0n) is 10.8. The zero-order valence-corrected chi connectivity index (χ0v) is 11.6. The second-order valence-electron chi connectivity index (χ2n) is 4.47. The Labute approximate surface area is 114 Å². The fraction of sp³-hybridized carbons (Fsp3) is 0.455. The first kappa shape index (κ1) is 15.1. The highest BCUT2D eigenvalue weighted by Crippen LogP contribution is 2.11. The van der Waals surface area contributed by atoms with E-state index in [0.29, 0.717) is 5.13 Å². The summed E-state index contributed by atoms with van der Waals surface area (Å²) in [6.07, 6.45) is 1.57. The molecule has 0 unspecified atom stereocenters. The van der Waals surface area contributed by atoms with Crippen LogP contribution in [-0.4, -0.2) is 35.2 Å². The zero-order chi connectivity index (χ0) is 14.5. The van der Waals surface area contributed by atoms with Gasteiger partial charge in [-0.15, -0.1) is 11.3 Å². The van der Waals surface area contributed by atoms with Crippen molar-refractivity contribution in [1.29, 1.82) is 0 Å². The van der Waals surface area contributed by atoms with E-state index < -0.39 is 18.2 Å². The van der Waals surface area contributed by atoms with Gasteiger partial charge in [0.15, 0.2) is 10.8 Å². The topological polar surface area (TPSA) is 104 Å². The van der Waals surface area contributed by atoms with Gasteiger partial charge >= 0.3 is 5.97 Å². The Balaban J connectivity index is 2.55. The molecule has 0 aliphatic heterocycles. The summed E-state index contributed by atoms with van der Waals surface area (Å²) in [6.45, 7) is 4.80. The van der Waals surface area contributed by atoms with Crippen LogP contribution in [0.25, 0.3) is 0 Å². The molecule has 1 radical (unpaired) electrons. The smallest absolute Gasteiger partial charge is 0.347 e. The van der Waals surface area contributed by atoms with Crippen molar-refractivity contribution in [3.8, 4) is 0 Å². The number of carbonyl (C=O) groups is 1. The van der Waals surface area contributed by atoms with E-state index in [4.69, 9.17) is 15.3 Å². The first-order valence-electron chi connectivity index (χ1n) is 5.33. The number of nitrogens with zero attached hydrogens (tertiary/aromatic N) is 2. The highest BCUT2D eigenvalue weighted by Gasteiger charge is 2.17. The van der Waals surface area contributed by atoms with Crippen LogP contribution in [0.5, 0.6) is 0 Å². The molecule has 0 bridgehead atoms. The quantitative estimate of drug-likeness (QED) is 0.489. The molecule has 0 aliphatic rings. The first-order chi connectivity index (χ1) is 8.81. The van der Waals surface area contributed by atoms with Crippen LogP contribution in [0.1, 0.15) is 26.5 Å². The lowest BCUT2D eigenvalue weighted by atomic mass is 10.2. The molecular formula is C11H14N3O4S. The number of rotatable bonds is 5. The maximum Gasteiger partial charge on any atom is 0.347 e. The van der Waals surface area contributed by atoms with Gasteiger partial charge < -0.3 is 15.3 Å². The van der Waals surface area contributed by atoms with Crippen LogP contribution in [0, 0.1) is 0 Å². The van der Waals surface area contributed by atoms with E-state index in [1.54, 1.807) is 27.1 Å². The lowest BCUT2D eigenvalue weighted by Gasteiger charge is -2.18. The number of carbonyl (C=O) groups excluding carboxylic acids is 2. The number of thiazole rings is 1. The van der Waals surface area contributed by atoms with E-state index in [-0.39, 0.29) is 11.4 Å². The molecular weight excluding hydrogens is 270 g/mol. The molecule has 0 saturated carbocycles. The van der Waals surface area contributed by atoms with Gasteiger partial charge in [-0.3, -0.25) is 4.79 Å². The molecule has 1 aromatic heterocycles. The van der Waals surface area contributed by atoms with Crippen LogP contribution in [0.2, 0.25) is 0 Å². The Morgan fingerprint density at radius 3 is 2.74 bits per heavy atom. The van der Waals surface area contributed by atoms with Gasteiger partial charge in [-0.25, -0.2) is 9.78 Å². The molecule has 1 heterocycles. The minimum Gasteiger partial charge on any atom is -0.457 e. The van der Waals surface area contributed by atoms with E-state index >= 15 is 0 Å². The van der Waals surface area contributed by atoms with Crippen molar-refractivity contribution in [2.75, 3.05) is 12.3 Å². The van der Waals surface area contributed by atoms with Crippen LogP contribution >= 0.6 is 11.3 Å². The Hall–Kier alpha value is -1.96. The van der Waals surface area contributed by atoms with Crippen LogP contribution in [0.4, 0.5) is 5.13 Å². The van der Waals surface area contributed by atoms with Gasteiger partial charge in [-0.2, -0.15) is 0 Å². The molecule has 103 valence electrons. The fourth-order valence-electron chi connectivity index (χ4n) is 1.03. The maximum atomic E-state index is 11.3. The Morgan fingerprint density at radius 2 is 2.26 bits per heavy atom. The van der Waals surface area contributed by atoms with E-state index in [9.17, 15) is 9.59 Å². The summed E-state index contributed by atoms with van der Waals surface area (Å²) < 4.78 is 5.00. The number of oxime groups is 1. The van der Waals surface area contributed by atoms with Crippen LogP contribution in [0.3, 0.4) is 0 Å². The molecule has 0 spiro atoms. The Morgan fingerprint density at radius 1 is 1.58 bits per heavy atom. The van der Waals surface area contributed by atoms with Crippen molar-refractivity contribution >= 4 is 34.4 Å². The summed E-state index contributed by atoms with van der Waals surface area (Å²) in [5.74, 6) is -0.584. The fourth-order valence-corrected chi connectivity index (χ4v) is 1.58. The van der Waals surface area contributed by atoms with Gasteiger partial charge in [0.05, 0.1) is 0 Å². The van der Waals surface area contributed by atoms with Gasteiger partial charge in [0.1, 0.15) is 11.3 Å². The van der Waals surface area contributed by atoms with Crippen molar-refractivity contribution in [2.45, 2.75) is 26.4 Å². The number of nitrogens with two attached hydrogens (primary N) is 1. The normalized spacial score (nSPS) is 12.1. The monoisotopic (exact) mass is 284 g/mol. The lowest BCUT2D eigenvalue weighted by molar-refractivity contribution is -0.160. The van der Waals surface area contributed by atoms with Crippen molar-refractivity contribution < 1.29 is 19.2 Å². The van der Waals surface area contributed by atoms with E-state index in [1.807, 2.05) is 0 Å². The molecule has 8 heteroatoms. The van der Waals surface area contributed by atoms with Gasteiger partial charge in [0, 0.05) is 5.38 Å². The predicted octanol–water partition coefficient (Wildman–Crippen LogP) is 0.897. The second kappa shape index (κ2) is 6.28. The second-order valence-corrected chi connectivity index (χ2v) is 5.36. The van der Waals surface area contributed by atoms with Gasteiger partial charge in [-0.05, 0) is 20.8 Å². The average molecular weight is 284 g/mol. The van der Waals surface area contributed by atoms with Crippen molar-refractivity contribution in [3.63, 3.8) is 0 Å². The third-order valence-corrected chi connectivity index (χ3v) is 2.29. The molecule has 0 amide bonds. The highest BCUT2D eigenvalue weighted by molar-refractivity contribution is 7.13. The van der Waals surface area contributed by atoms with Gasteiger partial charge in [-0.1, -0.05) is 5.16 Å². The van der Waals surface area contributed by atoms with Crippen molar-refractivity contribution in [3.05, 3.63) is 11.1 Å². The standard InChI is InChI=1S/C11H14N3O4S/c1-11(2,3)18-9(16)5-17-14-7(4-15)8-6-19-10(12)13-8/h6H,5H2,1-3H3,(H2,12,13). The molecule has 0 aliphatic carbocycles. The highest BCUT2D eigenvalue weighted by atomic mass is 32.1. The Kier molecular flexibility index (Phi) is 4.99. The minimum atomic E-state index is -0.604. The van der Waals surface area contributed by atoms with Gasteiger partial charge in [0.2, 0.25) is 6.61 Å². The number of hydrogen-bond donors (Lipinski definition) is 1. The Bertz CT molecular complexity index is 490. The average Bonchev–Trinajstić information content (AvgIpc) is 2.68. The summed E-state index contributed by atoms with van der Waals surface area (Å²) in [6, 6.07) is 0. The molecule has 1 aromatic rings. The minimum absolute atomic E-state index is 0.156. The van der Waals surface area contributed by atoms with Crippen LogP contribution in [0.15, 0.2) is 10.5 Å². The summed E-state index contributed by atoms with van der Waals surface area (Å²) in [4.78, 5) is 30.6. The van der Waals surface area contributed by atoms with E-state index in [2.05, 4.69) is 10.1 Å². The molecule has 0 atom stereocenters. The SMILES string of the molecule is CC(C)(C)OC(=O)CON=C([C]=O)c1csc(N)n1. The third kappa shape index (κ3) is 5.47. The summed E-state index contributed by atoms with van der Waals surface area (Å²) in [5, 5.41) is 5.31. The number of hydrogen-bond acceptors (Lipinski definition) is 8. The summed E-state index contributed by atoms with van der Waals surface area (Å²) >= 11 is 1.16. The van der Waals surface area contributed by atoms with E-state index in [1.165, 1.54) is 5.38 Å². The van der Waals surface area contributed by atoms with Crippen molar-refractivity contribution in [1.82, 2.24) is 4.98 Å². The van der Waals surface area contributed by atoms with Crippen molar-refractivity contribution in [2.24, 2.45) is 5.16 Å². The molecule has 1 rings (SSSR count). The van der Waals surface area contributed by atoms with Crippen LogP contribution < -0.4 is 5.73 Å². The molecule has 19 heavy (non-hydrogen) atoms. The molecule has 2 N–H and O–H groups in total. The molecule has 0 aromatic carbocycles. The van der Waals surface area contributed by atoms with Gasteiger partial charge in [0.25, 0.3) is 6.29 Å². The third-order valence-electron chi connectivity index (χ3n) is 1.62. The number of anilines is 1. The summed E-state index contributed by atoms with van der Waals surface area (Å²) in [5.41, 5.74) is 4.92. The number of ether oxygens (including phenoxy) is 1. The molecule has 0 saturated heterocycles. The lowest BCUT2D eigenvalue weighted by Crippen LogP contribution is -2.26. The molecule has 7 nitrogen and oxygen atoms in total. The predicted molar refractivity (Wildman–Crippen MR) is 70.6 cm³/mol. The summed E-state index contributed by atoms with van der Waals surface area (Å²) in [7, 11) is 0. The maximum absolute atomic E-state index is 11.3. The number of aromatic nitrogens is 1. The van der Waals surface area contributed by atoms with Crippen LogP contribution in [-0.2, 0) is 19.2 Å². The first-order valence-corrected chi connectivity index (χ1v) is 6.21. The number of nitrogen functional groups attached to an aromatic ring is 1. The van der Waals surface area contributed by atoms with E-state index in [0.717, 1.165) is 11.3 Å². The molecule has 0 fully saturated rings. The largest absolute Gasteiger partial charge is 0.457 e.